The Bertz CT molecular complexity index is 2080. The Labute approximate surface area is 343 Å². The van der Waals surface area contributed by atoms with Crippen molar-refractivity contribution in [2.75, 3.05) is 25.0 Å². The molecule has 6 N–H and O–H groups in total. The Kier molecular flexibility index (Phi) is 13.6. The highest BCUT2D eigenvalue weighted by Crippen LogP contribution is 2.30. The lowest BCUT2D eigenvalue weighted by molar-refractivity contribution is -0.130. The number of piperidine rings is 1. The van der Waals surface area contributed by atoms with Gasteiger partial charge in [-0.25, -0.2) is 14.7 Å². The van der Waals surface area contributed by atoms with Crippen LogP contribution in [0.25, 0.3) is 22.5 Å². The standard InChI is InChI=1S/C43H53N9O7/c1-26-5-6-28(23-35(26)29-11-13-32(14-12-29)38(53)45-34-19-21-52(22-20-34)42(57)58)24-36(40(55)46-33-17-15-30(16-18-33)37-48-50-51-49-37)47-39(54)31-9-7-27(8-10-31)25-44-41(56)59-43(2,3)4/h5-6,11-18,23,27,31,34,36H,7-10,19-22,24-25H2,1-4H3,(H,44,56)(H,45,53)(H,46,55)(H,47,54)(H,57,58)(H,48,49,50,51)/t27-,31-,36-/m0/s1. The number of hydrogen-bond donors (Lipinski definition) is 6. The fraction of sp³-hybridized carbons (Fsp3) is 0.442. The molecule has 16 heteroatoms. The van der Waals surface area contributed by atoms with Crippen LogP contribution in [-0.4, -0.2) is 97.9 Å². The van der Waals surface area contributed by atoms with Crippen molar-refractivity contribution in [1.29, 1.82) is 0 Å². The van der Waals surface area contributed by atoms with Crippen LogP contribution in [0, 0.1) is 18.8 Å². The summed E-state index contributed by atoms with van der Waals surface area (Å²) < 4.78 is 5.36. The van der Waals surface area contributed by atoms with Gasteiger partial charge in [0.1, 0.15) is 11.6 Å². The number of carboxylic acid groups (broad SMARTS) is 1. The number of carbonyl (C=O) groups excluding carboxylic acids is 4. The topological polar surface area (TPSA) is 221 Å². The van der Waals surface area contributed by atoms with Gasteiger partial charge in [-0.05, 0) is 141 Å². The molecule has 3 aromatic carbocycles. The number of rotatable bonds is 12. The predicted octanol–water partition coefficient (Wildman–Crippen LogP) is 5.71. The number of nitrogens with zero attached hydrogens (tertiary/aromatic N) is 4. The quantitative estimate of drug-likeness (QED) is 0.102. The molecular weight excluding hydrogens is 755 g/mol. The maximum Gasteiger partial charge on any atom is 0.407 e. The third-order valence-corrected chi connectivity index (χ3v) is 10.9. The number of nitrogens with one attached hydrogen (secondary N) is 5. The van der Waals surface area contributed by atoms with E-state index in [-0.39, 0.29) is 42.0 Å². The van der Waals surface area contributed by atoms with E-state index in [9.17, 15) is 29.1 Å². The molecule has 312 valence electrons. The van der Waals surface area contributed by atoms with Gasteiger partial charge in [0, 0.05) is 54.8 Å². The van der Waals surface area contributed by atoms with Crippen molar-refractivity contribution in [2.45, 2.75) is 90.3 Å². The molecular formula is C43H53N9O7. The van der Waals surface area contributed by atoms with Gasteiger partial charge in [0.15, 0.2) is 5.82 Å². The highest BCUT2D eigenvalue weighted by Gasteiger charge is 2.31. The predicted molar refractivity (Wildman–Crippen MR) is 220 cm³/mol. The summed E-state index contributed by atoms with van der Waals surface area (Å²) in [5, 5.41) is 35.0. The molecule has 2 heterocycles. The van der Waals surface area contributed by atoms with E-state index < -0.39 is 23.8 Å². The normalized spacial score (nSPS) is 17.7. The number of alkyl carbamates (subject to hydrolysis) is 1. The summed E-state index contributed by atoms with van der Waals surface area (Å²) >= 11 is 0. The van der Waals surface area contributed by atoms with Crippen LogP contribution < -0.4 is 21.3 Å². The summed E-state index contributed by atoms with van der Waals surface area (Å²) in [6.07, 6.45) is 2.72. The first-order chi connectivity index (χ1) is 28.2. The van der Waals surface area contributed by atoms with Gasteiger partial charge in [-0.3, -0.25) is 14.4 Å². The first kappa shape index (κ1) is 42.3. The van der Waals surface area contributed by atoms with Crippen LogP contribution in [0.3, 0.4) is 0 Å². The van der Waals surface area contributed by atoms with E-state index in [4.69, 9.17) is 4.74 Å². The van der Waals surface area contributed by atoms with Gasteiger partial charge in [0.05, 0.1) is 0 Å². The van der Waals surface area contributed by atoms with Crippen molar-refractivity contribution in [1.82, 2.24) is 41.5 Å². The summed E-state index contributed by atoms with van der Waals surface area (Å²) in [7, 11) is 0. The van der Waals surface area contributed by atoms with Gasteiger partial charge in [0.2, 0.25) is 11.8 Å². The number of likely N-dealkylation sites (tertiary alicyclic amines) is 1. The molecule has 1 aromatic heterocycles. The summed E-state index contributed by atoms with van der Waals surface area (Å²) in [6, 6.07) is 19.3. The van der Waals surface area contributed by atoms with Crippen molar-refractivity contribution in [3.8, 4) is 22.5 Å². The zero-order chi connectivity index (χ0) is 42.1. The van der Waals surface area contributed by atoms with Crippen LogP contribution in [0.4, 0.5) is 15.3 Å². The molecule has 1 aliphatic heterocycles. The van der Waals surface area contributed by atoms with Gasteiger partial charge in [0.25, 0.3) is 5.91 Å². The number of tetrazole rings is 1. The van der Waals surface area contributed by atoms with E-state index in [0.29, 0.717) is 62.4 Å². The summed E-state index contributed by atoms with van der Waals surface area (Å²) in [4.78, 5) is 65.6. The maximum atomic E-state index is 14.0. The first-order valence-corrected chi connectivity index (χ1v) is 20.1. The van der Waals surface area contributed by atoms with Crippen molar-refractivity contribution >= 4 is 35.6 Å². The highest BCUT2D eigenvalue weighted by atomic mass is 16.6. The Morgan fingerprint density at radius 1 is 0.898 bits per heavy atom. The van der Waals surface area contributed by atoms with Gasteiger partial charge in [-0.1, -0.05) is 30.3 Å². The number of hydrogen-bond acceptors (Lipinski definition) is 9. The van der Waals surface area contributed by atoms with E-state index in [1.807, 2.05) is 58.0 Å². The highest BCUT2D eigenvalue weighted by molar-refractivity contribution is 5.98. The first-order valence-electron chi connectivity index (χ1n) is 20.1. The molecule has 0 unspecified atom stereocenters. The fourth-order valence-electron chi connectivity index (χ4n) is 7.52. The van der Waals surface area contributed by atoms with Gasteiger partial charge >= 0.3 is 12.2 Å². The van der Waals surface area contributed by atoms with Crippen LogP contribution in [-0.2, 0) is 20.7 Å². The van der Waals surface area contributed by atoms with Crippen LogP contribution in [0.15, 0.2) is 66.7 Å². The minimum Gasteiger partial charge on any atom is -0.465 e. The number of aromatic nitrogens is 4. The smallest absolute Gasteiger partial charge is 0.407 e. The van der Waals surface area contributed by atoms with Gasteiger partial charge in [-0.2, -0.15) is 0 Å². The minimum atomic E-state index is -0.945. The van der Waals surface area contributed by atoms with E-state index in [0.717, 1.165) is 40.7 Å². The average Bonchev–Trinajstić information content (AvgIpc) is 3.76. The van der Waals surface area contributed by atoms with E-state index in [1.165, 1.54) is 4.90 Å². The summed E-state index contributed by atoms with van der Waals surface area (Å²) in [5.74, 6) is -0.332. The van der Waals surface area contributed by atoms with Crippen molar-refractivity contribution in [3.63, 3.8) is 0 Å². The largest absolute Gasteiger partial charge is 0.465 e. The molecule has 4 aromatic rings. The molecule has 2 aliphatic rings. The summed E-state index contributed by atoms with van der Waals surface area (Å²) in [5.41, 5.74) is 4.86. The van der Waals surface area contributed by atoms with Crippen LogP contribution >= 0.6 is 0 Å². The lowest BCUT2D eigenvalue weighted by Crippen LogP contribution is -2.48. The molecule has 1 atom stereocenters. The Morgan fingerprint density at radius 3 is 2.20 bits per heavy atom. The number of amides is 5. The lowest BCUT2D eigenvalue weighted by atomic mass is 9.81. The molecule has 2 fully saturated rings. The second-order valence-electron chi connectivity index (χ2n) is 16.4. The number of ether oxygens (including phenoxy) is 1. The molecule has 1 saturated carbocycles. The number of benzene rings is 3. The SMILES string of the molecule is Cc1ccc(C[C@H](NC(=O)[C@H]2CC[C@H](CNC(=O)OC(C)(C)C)CC2)C(=O)Nc2ccc(-c3nnn[nH]3)cc2)cc1-c1ccc(C(=O)NC2CCN(C(=O)O)CC2)cc1. The molecule has 16 nitrogen and oxygen atoms in total. The van der Waals surface area contributed by atoms with Crippen molar-refractivity contribution in [3.05, 3.63) is 83.4 Å². The Balaban J connectivity index is 1.12. The number of carbonyl (C=O) groups is 5. The Morgan fingerprint density at radius 2 is 1.58 bits per heavy atom. The monoisotopic (exact) mass is 807 g/mol. The zero-order valence-electron chi connectivity index (χ0n) is 33.9. The molecule has 5 amide bonds. The zero-order valence-corrected chi connectivity index (χ0v) is 33.9. The molecule has 0 radical (unpaired) electrons. The summed E-state index contributed by atoms with van der Waals surface area (Å²) in [6.45, 7) is 8.69. The molecule has 0 bridgehead atoms. The number of anilines is 1. The van der Waals surface area contributed by atoms with Gasteiger partial charge < -0.3 is 36.0 Å². The van der Waals surface area contributed by atoms with Crippen LogP contribution in [0.5, 0.6) is 0 Å². The second-order valence-corrected chi connectivity index (χ2v) is 16.4. The van der Waals surface area contributed by atoms with Crippen molar-refractivity contribution in [2.24, 2.45) is 11.8 Å². The molecule has 1 saturated heterocycles. The van der Waals surface area contributed by atoms with E-state index in [1.54, 1.807) is 36.4 Å². The van der Waals surface area contributed by atoms with Gasteiger partial charge in [-0.15, -0.1) is 5.10 Å². The maximum absolute atomic E-state index is 14.0. The number of aryl methyl sites for hydroxylation is 1. The third kappa shape index (κ3) is 11.9. The Hall–Kier alpha value is -6.32. The van der Waals surface area contributed by atoms with E-state index in [2.05, 4.69) is 41.9 Å². The van der Waals surface area contributed by atoms with E-state index >= 15 is 0 Å². The average molecular weight is 808 g/mol. The van der Waals surface area contributed by atoms with Crippen molar-refractivity contribution < 1.29 is 33.8 Å². The lowest BCUT2D eigenvalue weighted by Gasteiger charge is -2.30. The minimum absolute atomic E-state index is 0.0957. The molecule has 59 heavy (non-hydrogen) atoms. The third-order valence-electron chi connectivity index (χ3n) is 10.9. The molecule has 6 rings (SSSR count). The number of aromatic amines is 1. The second kappa shape index (κ2) is 19.0. The van der Waals surface area contributed by atoms with Crippen LogP contribution in [0.1, 0.15) is 80.8 Å². The van der Waals surface area contributed by atoms with Crippen LogP contribution in [0.2, 0.25) is 0 Å². The molecule has 1 aliphatic carbocycles. The fourth-order valence-corrected chi connectivity index (χ4v) is 7.52. The molecule has 0 spiro atoms. The number of H-pyrrole nitrogens is 1.